The molecule has 0 rings (SSSR count). The maximum Gasteiger partial charge on any atom is 2.00 e. The Balaban J connectivity index is -0.000000158. The third-order valence-electron chi connectivity index (χ3n) is 6.92. The summed E-state index contributed by atoms with van der Waals surface area (Å²) in [5, 5.41) is 40.2. The Hall–Kier alpha value is 0.606. The molecule has 0 bridgehead atoms. The van der Waals surface area contributed by atoms with Gasteiger partial charge in [0.15, 0.2) is 0 Å². The molecule has 0 aromatic heterocycles. The van der Waals surface area contributed by atoms with Crippen molar-refractivity contribution < 1.29 is 23.3 Å². The van der Waals surface area contributed by atoms with Crippen molar-refractivity contribution in [2.24, 2.45) is 22.7 Å². The van der Waals surface area contributed by atoms with Gasteiger partial charge >= 0.3 is 23.1 Å². The van der Waals surface area contributed by atoms with Crippen LogP contribution >= 0.6 is 0 Å². The Kier molecular flexibility index (Phi) is 22.8. The molecule has 0 aromatic rings. The zero-order chi connectivity index (χ0) is 25.5. The van der Waals surface area contributed by atoms with Gasteiger partial charge in [-0.2, -0.15) is 0 Å². The fourth-order valence-corrected chi connectivity index (χ4v) is 3.82. The quantitative estimate of drug-likeness (QED) is 0.209. The molecule has 0 amide bonds. The Morgan fingerprint density at radius 1 is 0.576 bits per heavy atom. The van der Waals surface area contributed by atoms with Crippen molar-refractivity contribution in [3.05, 3.63) is 0 Å². The number of rotatable bonds is 14. The Labute approximate surface area is 226 Å². The van der Waals surface area contributed by atoms with Crippen LogP contribution < -0.4 is 0 Å². The van der Waals surface area contributed by atoms with Crippen molar-refractivity contribution in [1.82, 2.24) is 0 Å². The molecular formula is C28H62MgO4. The maximum atomic E-state index is 10.1. The molecule has 0 aliphatic heterocycles. The summed E-state index contributed by atoms with van der Waals surface area (Å²) in [4.78, 5) is 0. The predicted molar refractivity (Wildman–Crippen MR) is 147 cm³/mol. The van der Waals surface area contributed by atoms with Crippen molar-refractivity contribution in [3.63, 3.8) is 0 Å². The summed E-state index contributed by atoms with van der Waals surface area (Å²) < 4.78 is 0. The van der Waals surface area contributed by atoms with E-state index in [9.17, 15) is 20.4 Å². The molecule has 0 fully saturated rings. The summed E-state index contributed by atoms with van der Waals surface area (Å²) in [5.74, 6) is 0.689. The predicted octanol–water partition coefficient (Wildman–Crippen LogP) is 6.57. The maximum absolute atomic E-state index is 10.1. The molecule has 6 atom stereocenters. The van der Waals surface area contributed by atoms with Gasteiger partial charge in [-0.05, 0) is 48.3 Å². The van der Waals surface area contributed by atoms with Crippen LogP contribution in [-0.4, -0.2) is 67.9 Å². The summed E-state index contributed by atoms with van der Waals surface area (Å²) in [6.45, 7) is 20.6. The van der Waals surface area contributed by atoms with Crippen LogP contribution in [0.2, 0.25) is 0 Å². The van der Waals surface area contributed by atoms with Crippen molar-refractivity contribution in [2.75, 3.05) is 0 Å². The molecule has 0 aromatic carbocycles. The van der Waals surface area contributed by atoms with Gasteiger partial charge in [-0.15, -0.1) is 0 Å². The molecule has 0 aliphatic carbocycles. The first-order chi connectivity index (χ1) is 14.6. The van der Waals surface area contributed by atoms with Crippen LogP contribution in [0.5, 0.6) is 0 Å². The van der Waals surface area contributed by atoms with Gasteiger partial charge in [-0.3, -0.25) is 0 Å². The molecule has 0 spiro atoms. The van der Waals surface area contributed by atoms with Gasteiger partial charge in [0.1, 0.15) is 0 Å². The Morgan fingerprint density at radius 3 is 1.03 bits per heavy atom. The zero-order valence-corrected chi connectivity index (χ0v) is 25.4. The van der Waals surface area contributed by atoms with E-state index in [1.807, 2.05) is 41.5 Å². The molecule has 4 nitrogen and oxygen atoms in total. The topological polar surface area (TPSA) is 80.9 Å². The molecule has 4 N–H and O–H groups in total. The molecule has 0 heterocycles. The number of aliphatic hydroxyl groups is 4. The summed E-state index contributed by atoms with van der Waals surface area (Å²) in [5.41, 5.74) is -0.270. The molecule has 33 heavy (non-hydrogen) atoms. The van der Waals surface area contributed by atoms with E-state index in [2.05, 4.69) is 27.7 Å². The van der Waals surface area contributed by atoms with Gasteiger partial charge in [0, 0.05) is 0 Å². The molecule has 0 saturated carbocycles. The average Bonchev–Trinajstić information content (AvgIpc) is 2.68. The van der Waals surface area contributed by atoms with E-state index in [4.69, 9.17) is 0 Å². The normalized spacial score (nSPS) is 17.6. The van der Waals surface area contributed by atoms with E-state index in [0.717, 1.165) is 25.7 Å². The number of hydrogen-bond acceptors (Lipinski definition) is 4. The van der Waals surface area contributed by atoms with Gasteiger partial charge in [0.25, 0.3) is 0 Å². The molecule has 0 aliphatic rings. The van der Waals surface area contributed by atoms with Crippen molar-refractivity contribution >= 4 is 23.1 Å². The zero-order valence-electron chi connectivity index (χ0n) is 26.0. The van der Waals surface area contributed by atoms with Crippen LogP contribution in [0, 0.1) is 22.7 Å². The van der Waals surface area contributed by atoms with E-state index in [0.29, 0.717) is 24.7 Å². The van der Waals surface area contributed by atoms with Crippen LogP contribution in [-0.2, 0) is 0 Å². The minimum atomic E-state index is -0.418. The molecular weight excluding hydrogens is 425 g/mol. The van der Waals surface area contributed by atoms with Crippen LogP contribution in [0.1, 0.15) is 136 Å². The van der Waals surface area contributed by atoms with E-state index in [1.165, 1.54) is 25.7 Å². The number of unbranched alkanes of at least 4 members (excludes halogenated alkanes) is 2. The first kappa shape index (κ1) is 38.1. The SMILES string of the molecule is CCCCC(CC)C(O)CC(O)C(C)(C)C.CCCCC(CC)C(O)CC(O)C(C)(C)C.[H-].[H-].[Mg+2]. The number of hydrogen-bond donors (Lipinski definition) is 4. The first-order valence-electron chi connectivity index (χ1n) is 13.4. The van der Waals surface area contributed by atoms with Crippen LogP contribution in [0.25, 0.3) is 0 Å². The van der Waals surface area contributed by atoms with Crippen molar-refractivity contribution in [2.45, 2.75) is 158 Å². The summed E-state index contributed by atoms with van der Waals surface area (Å²) in [6, 6.07) is 0. The minimum absolute atomic E-state index is 0. The van der Waals surface area contributed by atoms with Crippen LogP contribution in [0.4, 0.5) is 0 Å². The third-order valence-corrected chi connectivity index (χ3v) is 6.92. The van der Waals surface area contributed by atoms with Crippen LogP contribution in [0.15, 0.2) is 0 Å². The van der Waals surface area contributed by atoms with Gasteiger partial charge in [-0.1, -0.05) is 108 Å². The van der Waals surface area contributed by atoms with Crippen LogP contribution in [0.3, 0.4) is 0 Å². The fraction of sp³-hybridized carbons (Fsp3) is 1.00. The molecule has 200 valence electrons. The second-order valence-corrected chi connectivity index (χ2v) is 12.0. The van der Waals surface area contributed by atoms with Gasteiger partial charge in [-0.25, -0.2) is 0 Å². The standard InChI is InChI=1S/2C14H30O2.Mg.2H/c2*1-6-8-9-11(7-2)12(15)10-13(16)14(3,4)5;;;/h2*11-13,15-16H,6-10H2,1-5H3;;;/q;;+2;2*-1. The smallest absolute Gasteiger partial charge is 1.00 e. The summed E-state index contributed by atoms with van der Waals surface area (Å²) in [7, 11) is 0. The first-order valence-corrected chi connectivity index (χ1v) is 13.4. The second kappa shape index (κ2) is 19.8. The molecule has 0 radical (unpaired) electrons. The summed E-state index contributed by atoms with van der Waals surface area (Å²) in [6.07, 6.45) is 8.29. The Morgan fingerprint density at radius 2 is 0.848 bits per heavy atom. The second-order valence-electron chi connectivity index (χ2n) is 12.0. The summed E-state index contributed by atoms with van der Waals surface area (Å²) >= 11 is 0. The van der Waals surface area contributed by atoms with Crippen molar-refractivity contribution in [1.29, 1.82) is 0 Å². The molecule has 5 heteroatoms. The largest absolute Gasteiger partial charge is 2.00 e. The fourth-order valence-electron chi connectivity index (χ4n) is 3.82. The molecule has 6 unspecified atom stereocenters. The van der Waals surface area contributed by atoms with Crippen molar-refractivity contribution in [3.8, 4) is 0 Å². The van der Waals surface area contributed by atoms with E-state index in [-0.39, 0.29) is 48.9 Å². The number of aliphatic hydroxyl groups excluding tert-OH is 4. The minimum Gasteiger partial charge on any atom is -1.00 e. The van der Waals surface area contributed by atoms with E-state index < -0.39 is 12.2 Å². The van der Waals surface area contributed by atoms with E-state index in [1.54, 1.807) is 0 Å². The average molecular weight is 487 g/mol. The molecule has 0 saturated heterocycles. The van der Waals surface area contributed by atoms with Gasteiger partial charge in [0.05, 0.1) is 24.4 Å². The Bertz CT molecular complexity index is 402. The van der Waals surface area contributed by atoms with Gasteiger partial charge in [0.2, 0.25) is 0 Å². The van der Waals surface area contributed by atoms with Gasteiger partial charge < -0.3 is 23.3 Å². The third kappa shape index (κ3) is 18.5. The van der Waals surface area contributed by atoms with E-state index >= 15 is 0 Å². The monoisotopic (exact) mass is 486 g/mol.